The summed E-state index contributed by atoms with van der Waals surface area (Å²) >= 11 is 0. The van der Waals surface area contributed by atoms with E-state index in [0.29, 0.717) is 42.5 Å². The number of benzene rings is 1. The van der Waals surface area contributed by atoms with E-state index in [4.69, 9.17) is 9.47 Å². The minimum atomic E-state index is -0.0343. The zero-order valence-electron chi connectivity index (χ0n) is 18.6. The molecule has 4 aromatic rings. The number of rotatable bonds is 6. The van der Waals surface area contributed by atoms with E-state index in [0.717, 1.165) is 29.7 Å². The first kappa shape index (κ1) is 21.1. The fourth-order valence-electron chi connectivity index (χ4n) is 4.01. The minimum absolute atomic E-state index is 0.00167. The van der Waals surface area contributed by atoms with Gasteiger partial charge in [-0.3, -0.25) is 14.5 Å². The number of aryl methyl sites for hydroxylation is 1. The summed E-state index contributed by atoms with van der Waals surface area (Å²) in [5, 5.41) is 11.9. The highest BCUT2D eigenvalue weighted by Crippen LogP contribution is 2.28. The maximum absolute atomic E-state index is 12.6. The molecule has 0 saturated carbocycles. The lowest BCUT2D eigenvalue weighted by atomic mass is 9.99. The Morgan fingerprint density at radius 1 is 1.24 bits per heavy atom. The standard InChI is InChI=1S/C23H25N7O3/c1-29-14-17(11-25-29)19-12-24-13-22-27-21(28-30(19)22)10-15-3-4-18(20(9-15)32-2)26-23(31)16-5-7-33-8-6-16/h3-4,9,11-14,16H,5-8,10H2,1-2H3,(H,26,31). The van der Waals surface area contributed by atoms with Gasteiger partial charge in [-0.2, -0.15) is 10.2 Å². The van der Waals surface area contributed by atoms with Crippen LogP contribution in [0.1, 0.15) is 24.2 Å². The van der Waals surface area contributed by atoms with Gasteiger partial charge in [0.1, 0.15) is 5.75 Å². The van der Waals surface area contributed by atoms with E-state index < -0.39 is 0 Å². The van der Waals surface area contributed by atoms with Gasteiger partial charge in [-0.05, 0) is 30.5 Å². The highest BCUT2D eigenvalue weighted by molar-refractivity contribution is 5.94. The lowest BCUT2D eigenvalue weighted by molar-refractivity contribution is -0.122. The maximum Gasteiger partial charge on any atom is 0.227 e. The van der Waals surface area contributed by atoms with Gasteiger partial charge in [0.05, 0.1) is 37.1 Å². The fourth-order valence-corrected chi connectivity index (χ4v) is 4.01. The number of fused-ring (bicyclic) bond motifs is 1. The van der Waals surface area contributed by atoms with Crippen LogP contribution in [0.3, 0.4) is 0 Å². The third kappa shape index (κ3) is 4.42. The van der Waals surface area contributed by atoms with Gasteiger partial charge in [-0.1, -0.05) is 6.07 Å². The molecule has 0 radical (unpaired) electrons. The summed E-state index contributed by atoms with van der Waals surface area (Å²) in [4.78, 5) is 21.5. The lowest BCUT2D eigenvalue weighted by Gasteiger charge is -2.21. The normalized spacial score (nSPS) is 14.5. The number of nitrogens with one attached hydrogen (secondary N) is 1. The van der Waals surface area contributed by atoms with Gasteiger partial charge in [0, 0.05) is 44.4 Å². The first-order valence-electron chi connectivity index (χ1n) is 10.8. The number of hydrogen-bond donors (Lipinski definition) is 1. The van der Waals surface area contributed by atoms with Crippen LogP contribution >= 0.6 is 0 Å². The summed E-state index contributed by atoms with van der Waals surface area (Å²) in [6.07, 6.45) is 9.11. The number of carbonyl (C=O) groups is 1. The zero-order valence-corrected chi connectivity index (χ0v) is 18.6. The Bertz CT molecular complexity index is 1290. The number of aromatic nitrogens is 6. The molecule has 5 rings (SSSR count). The molecule has 4 heterocycles. The Labute approximate surface area is 190 Å². The molecule has 1 aromatic carbocycles. The second-order valence-corrected chi connectivity index (χ2v) is 8.08. The smallest absolute Gasteiger partial charge is 0.227 e. The molecule has 1 saturated heterocycles. The summed E-state index contributed by atoms with van der Waals surface area (Å²) < 4.78 is 14.4. The summed E-state index contributed by atoms with van der Waals surface area (Å²) in [7, 11) is 3.46. The van der Waals surface area contributed by atoms with E-state index in [9.17, 15) is 4.79 Å². The van der Waals surface area contributed by atoms with Crippen LogP contribution in [0.2, 0.25) is 0 Å². The monoisotopic (exact) mass is 447 g/mol. The number of hydrogen-bond acceptors (Lipinski definition) is 7. The number of amides is 1. The molecular formula is C23H25N7O3. The van der Waals surface area contributed by atoms with E-state index in [1.54, 1.807) is 34.9 Å². The molecule has 0 atom stereocenters. The molecule has 10 heteroatoms. The molecule has 170 valence electrons. The third-order valence-corrected chi connectivity index (χ3v) is 5.77. The molecule has 33 heavy (non-hydrogen) atoms. The number of carbonyl (C=O) groups excluding carboxylic acids is 1. The Morgan fingerprint density at radius 2 is 2.09 bits per heavy atom. The Morgan fingerprint density at radius 3 is 2.85 bits per heavy atom. The van der Waals surface area contributed by atoms with E-state index in [1.807, 2.05) is 31.4 Å². The quantitative estimate of drug-likeness (QED) is 0.484. The lowest BCUT2D eigenvalue weighted by Crippen LogP contribution is -2.28. The predicted octanol–water partition coefficient (Wildman–Crippen LogP) is 2.49. The molecule has 0 unspecified atom stereocenters. The molecule has 1 aliphatic heterocycles. The van der Waals surface area contributed by atoms with Crippen LogP contribution in [0.15, 0.2) is 43.0 Å². The van der Waals surface area contributed by atoms with Crippen molar-refractivity contribution in [3.05, 3.63) is 54.4 Å². The summed E-state index contributed by atoms with van der Waals surface area (Å²) in [6.45, 7) is 1.25. The van der Waals surface area contributed by atoms with Gasteiger partial charge in [0.15, 0.2) is 11.5 Å². The largest absolute Gasteiger partial charge is 0.495 e. The molecule has 1 N–H and O–H groups in total. The van der Waals surface area contributed by atoms with Crippen molar-refractivity contribution in [3.63, 3.8) is 0 Å². The van der Waals surface area contributed by atoms with Crippen LogP contribution in [-0.2, 0) is 23.0 Å². The fraction of sp³-hybridized carbons (Fsp3) is 0.348. The molecule has 10 nitrogen and oxygen atoms in total. The van der Waals surface area contributed by atoms with Gasteiger partial charge in [0.25, 0.3) is 0 Å². The van der Waals surface area contributed by atoms with Crippen LogP contribution in [0, 0.1) is 5.92 Å². The first-order chi connectivity index (χ1) is 16.1. The van der Waals surface area contributed by atoms with Crippen molar-refractivity contribution in [2.75, 3.05) is 25.6 Å². The van der Waals surface area contributed by atoms with Crippen molar-refractivity contribution in [1.29, 1.82) is 0 Å². The average molecular weight is 447 g/mol. The van der Waals surface area contributed by atoms with E-state index in [2.05, 4.69) is 25.5 Å². The number of anilines is 1. The van der Waals surface area contributed by atoms with Crippen LogP contribution in [0.5, 0.6) is 5.75 Å². The number of nitrogens with zero attached hydrogens (tertiary/aromatic N) is 6. The summed E-state index contributed by atoms with van der Waals surface area (Å²) in [5.41, 5.74) is 4.03. The third-order valence-electron chi connectivity index (χ3n) is 5.77. The second-order valence-electron chi connectivity index (χ2n) is 8.08. The molecule has 3 aromatic heterocycles. The SMILES string of the molecule is COc1cc(Cc2nc3cncc(-c4cnn(C)c4)n3n2)ccc1NC(=O)C1CCOCC1. The van der Waals surface area contributed by atoms with Gasteiger partial charge in [0.2, 0.25) is 5.91 Å². The number of methoxy groups -OCH3 is 1. The number of ether oxygens (including phenoxy) is 2. The summed E-state index contributed by atoms with van der Waals surface area (Å²) in [6, 6.07) is 5.73. The zero-order chi connectivity index (χ0) is 22.8. The molecular weight excluding hydrogens is 422 g/mol. The van der Waals surface area contributed by atoms with Crippen molar-refractivity contribution in [2.45, 2.75) is 19.3 Å². The van der Waals surface area contributed by atoms with Gasteiger partial charge < -0.3 is 14.8 Å². The Hall–Kier alpha value is -3.79. The van der Waals surface area contributed by atoms with Crippen molar-refractivity contribution < 1.29 is 14.3 Å². The average Bonchev–Trinajstić information content (AvgIpc) is 3.46. The van der Waals surface area contributed by atoms with E-state index >= 15 is 0 Å². The van der Waals surface area contributed by atoms with Crippen LogP contribution < -0.4 is 10.1 Å². The van der Waals surface area contributed by atoms with Gasteiger partial charge in [-0.25, -0.2) is 9.50 Å². The highest BCUT2D eigenvalue weighted by Gasteiger charge is 2.22. The summed E-state index contributed by atoms with van der Waals surface area (Å²) in [5.74, 6) is 1.23. The molecule has 1 amide bonds. The van der Waals surface area contributed by atoms with Crippen molar-refractivity contribution in [1.82, 2.24) is 29.4 Å². The van der Waals surface area contributed by atoms with Crippen LogP contribution in [0.4, 0.5) is 5.69 Å². The van der Waals surface area contributed by atoms with E-state index in [1.165, 1.54) is 0 Å². The van der Waals surface area contributed by atoms with Crippen molar-refractivity contribution in [2.24, 2.45) is 13.0 Å². The highest BCUT2D eigenvalue weighted by atomic mass is 16.5. The second kappa shape index (κ2) is 8.99. The Kier molecular flexibility index (Phi) is 5.74. The first-order valence-corrected chi connectivity index (χ1v) is 10.8. The van der Waals surface area contributed by atoms with Crippen molar-refractivity contribution in [3.8, 4) is 17.0 Å². The van der Waals surface area contributed by atoms with Gasteiger partial charge in [-0.15, -0.1) is 0 Å². The van der Waals surface area contributed by atoms with Crippen LogP contribution in [-0.4, -0.2) is 55.6 Å². The molecule has 0 aliphatic carbocycles. The van der Waals surface area contributed by atoms with Crippen molar-refractivity contribution >= 4 is 17.2 Å². The predicted molar refractivity (Wildman–Crippen MR) is 121 cm³/mol. The molecule has 0 bridgehead atoms. The van der Waals surface area contributed by atoms with Crippen LogP contribution in [0.25, 0.3) is 16.9 Å². The van der Waals surface area contributed by atoms with Gasteiger partial charge >= 0.3 is 0 Å². The Balaban J connectivity index is 1.36. The molecule has 1 fully saturated rings. The maximum atomic E-state index is 12.6. The topological polar surface area (TPSA) is 108 Å². The molecule has 0 spiro atoms. The van der Waals surface area contributed by atoms with E-state index in [-0.39, 0.29) is 11.8 Å². The molecule has 1 aliphatic rings. The minimum Gasteiger partial charge on any atom is -0.495 e.